The Morgan fingerprint density at radius 2 is 1.77 bits per heavy atom. The molecule has 154 valence electrons. The molecule has 10 nitrogen and oxygen atoms in total. The molecule has 0 atom stereocenters. The van der Waals surface area contributed by atoms with E-state index in [4.69, 9.17) is 0 Å². The summed E-state index contributed by atoms with van der Waals surface area (Å²) in [6.07, 6.45) is 7.31. The summed E-state index contributed by atoms with van der Waals surface area (Å²) >= 11 is 0. The van der Waals surface area contributed by atoms with Crippen LogP contribution < -0.4 is 16.2 Å². The van der Waals surface area contributed by atoms with Crippen molar-refractivity contribution in [2.75, 3.05) is 10.7 Å². The maximum Gasteiger partial charge on any atom is 0.355 e. The Hall–Kier alpha value is -4.08. The van der Waals surface area contributed by atoms with Gasteiger partial charge in [-0.05, 0) is 42.7 Å². The van der Waals surface area contributed by atoms with Gasteiger partial charge >= 0.3 is 5.69 Å². The van der Waals surface area contributed by atoms with E-state index in [1.54, 1.807) is 0 Å². The zero-order chi connectivity index (χ0) is 21.3. The first-order valence-electron chi connectivity index (χ1n) is 9.40. The Morgan fingerprint density at radius 3 is 2.43 bits per heavy atom. The third-order valence-corrected chi connectivity index (χ3v) is 4.28. The number of hydrogen-bond donors (Lipinski definition) is 3. The van der Waals surface area contributed by atoms with E-state index in [0.717, 1.165) is 19.3 Å². The summed E-state index contributed by atoms with van der Waals surface area (Å²) in [5.41, 5.74) is 6.70. The van der Waals surface area contributed by atoms with Crippen LogP contribution in [0.5, 0.6) is 0 Å². The van der Waals surface area contributed by atoms with E-state index in [1.807, 2.05) is 24.3 Å². The summed E-state index contributed by atoms with van der Waals surface area (Å²) in [5, 5.41) is 14.6. The number of nitrogens with one attached hydrogen (secondary N) is 3. The van der Waals surface area contributed by atoms with E-state index in [-0.39, 0.29) is 17.3 Å². The number of hydrazine groups is 1. The van der Waals surface area contributed by atoms with E-state index in [9.17, 15) is 14.9 Å². The van der Waals surface area contributed by atoms with Gasteiger partial charge in [0.25, 0.3) is 5.91 Å². The number of amides is 1. The van der Waals surface area contributed by atoms with Crippen molar-refractivity contribution in [3.63, 3.8) is 0 Å². The van der Waals surface area contributed by atoms with Crippen molar-refractivity contribution in [3.05, 3.63) is 76.4 Å². The molecule has 0 saturated heterocycles. The lowest BCUT2D eigenvalue weighted by Crippen LogP contribution is -2.30. The monoisotopic (exact) mass is 407 g/mol. The summed E-state index contributed by atoms with van der Waals surface area (Å²) in [6.45, 7) is 2.13. The first-order chi connectivity index (χ1) is 14.6. The molecule has 0 saturated carbocycles. The molecule has 2 heterocycles. The Labute approximate surface area is 172 Å². The quantitative estimate of drug-likeness (QED) is 0.361. The lowest BCUT2D eigenvalue weighted by molar-refractivity contribution is -0.383. The molecule has 1 aromatic carbocycles. The van der Waals surface area contributed by atoms with Gasteiger partial charge in [0.2, 0.25) is 11.6 Å². The number of rotatable bonds is 9. The van der Waals surface area contributed by atoms with Crippen LogP contribution in [0.1, 0.15) is 35.7 Å². The third kappa shape index (κ3) is 5.25. The second-order valence-corrected chi connectivity index (χ2v) is 6.42. The molecular weight excluding hydrogens is 386 g/mol. The molecule has 0 aliphatic heterocycles. The average Bonchev–Trinajstić information content (AvgIpc) is 2.77. The van der Waals surface area contributed by atoms with Crippen LogP contribution in [0, 0.1) is 10.1 Å². The predicted molar refractivity (Wildman–Crippen MR) is 112 cm³/mol. The van der Waals surface area contributed by atoms with Crippen LogP contribution >= 0.6 is 0 Å². The maximum absolute atomic E-state index is 12.2. The second kappa shape index (κ2) is 9.92. The number of carbonyl (C=O) groups excluding carboxylic acids is 1. The van der Waals surface area contributed by atoms with Gasteiger partial charge in [0.1, 0.15) is 6.33 Å². The van der Waals surface area contributed by atoms with Gasteiger partial charge in [-0.1, -0.05) is 25.5 Å². The molecule has 3 aromatic rings. The van der Waals surface area contributed by atoms with Gasteiger partial charge in [0.15, 0.2) is 0 Å². The highest BCUT2D eigenvalue weighted by molar-refractivity contribution is 5.94. The molecule has 30 heavy (non-hydrogen) atoms. The zero-order valence-electron chi connectivity index (χ0n) is 16.3. The first-order valence-corrected chi connectivity index (χ1v) is 9.40. The molecule has 1 amide bonds. The minimum absolute atomic E-state index is 0.0111. The van der Waals surface area contributed by atoms with Crippen LogP contribution in [0.3, 0.4) is 0 Å². The zero-order valence-corrected chi connectivity index (χ0v) is 16.3. The number of nitrogens with zero attached hydrogens (tertiary/aromatic N) is 4. The summed E-state index contributed by atoms with van der Waals surface area (Å²) in [4.78, 5) is 34.9. The second-order valence-electron chi connectivity index (χ2n) is 6.42. The molecule has 0 fully saturated rings. The summed E-state index contributed by atoms with van der Waals surface area (Å²) in [5.74, 6) is -0.612. The Kier molecular flexibility index (Phi) is 6.83. The average molecular weight is 407 g/mol. The Morgan fingerprint density at radius 1 is 1.07 bits per heavy atom. The van der Waals surface area contributed by atoms with E-state index in [1.165, 1.54) is 36.4 Å². The number of anilines is 3. The van der Waals surface area contributed by atoms with Crippen molar-refractivity contribution in [2.45, 2.75) is 26.2 Å². The molecule has 3 N–H and O–H groups in total. The third-order valence-electron chi connectivity index (χ3n) is 4.28. The minimum atomic E-state index is -0.612. The standard InChI is InChI=1S/C20H21N7O3/c1-2-3-4-14-5-7-16(8-6-14)24-18-17(27(29)30)19(23-13-22-18)25-26-20(28)15-9-11-21-12-10-15/h5-13H,2-4H2,1H3,(H,26,28)(H2,22,23,24,25). The van der Waals surface area contributed by atoms with Gasteiger partial charge in [0, 0.05) is 23.6 Å². The molecule has 0 radical (unpaired) electrons. The largest absolute Gasteiger partial charge is 0.355 e. The highest BCUT2D eigenvalue weighted by atomic mass is 16.6. The van der Waals surface area contributed by atoms with Crippen molar-refractivity contribution in [1.82, 2.24) is 20.4 Å². The van der Waals surface area contributed by atoms with E-state index in [0.29, 0.717) is 11.3 Å². The number of hydrogen-bond acceptors (Lipinski definition) is 8. The highest BCUT2D eigenvalue weighted by Gasteiger charge is 2.23. The van der Waals surface area contributed by atoms with E-state index >= 15 is 0 Å². The normalized spacial score (nSPS) is 10.3. The molecule has 10 heteroatoms. The predicted octanol–water partition coefficient (Wildman–Crippen LogP) is 3.62. The van der Waals surface area contributed by atoms with Gasteiger partial charge in [-0.2, -0.15) is 0 Å². The molecule has 0 aliphatic carbocycles. The van der Waals surface area contributed by atoms with Crippen LogP contribution in [0.4, 0.5) is 23.0 Å². The molecule has 3 rings (SSSR count). The minimum Gasteiger partial charge on any atom is -0.334 e. The Bertz CT molecular complexity index is 1010. The number of carbonyl (C=O) groups is 1. The van der Waals surface area contributed by atoms with Gasteiger partial charge in [0.05, 0.1) is 4.92 Å². The van der Waals surface area contributed by atoms with Crippen LogP contribution in [-0.4, -0.2) is 25.8 Å². The molecule has 0 unspecified atom stereocenters. The van der Waals surface area contributed by atoms with Crippen LogP contribution in [-0.2, 0) is 6.42 Å². The molecule has 0 bridgehead atoms. The smallest absolute Gasteiger partial charge is 0.334 e. The summed E-state index contributed by atoms with van der Waals surface area (Å²) in [7, 11) is 0. The lowest BCUT2D eigenvalue weighted by atomic mass is 10.1. The molecule has 0 aliphatic rings. The van der Waals surface area contributed by atoms with Crippen molar-refractivity contribution in [3.8, 4) is 0 Å². The highest BCUT2D eigenvalue weighted by Crippen LogP contribution is 2.30. The number of unbranched alkanes of at least 4 members (excludes halogenated alkanes) is 1. The lowest BCUT2D eigenvalue weighted by Gasteiger charge is -2.11. The SMILES string of the molecule is CCCCc1ccc(Nc2ncnc(NNC(=O)c3ccncc3)c2[N+](=O)[O-])cc1. The van der Waals surface area contributed by atoms with E-state index in [2.05, 4.69) is 38.0 Å². The van der Waals surface area contributed by atoms with Crippen molar-refractivity contribution >= 4 is 28.9 Å². The molecular formula is C20H21N7O3. The first kappa shape index (κ1) is 20.6. The number of nitro groups is 1. The fourth-order valence-corrected chi connectivity index (χ4v) is 2.70. The fraction of sp³-hybridized carbons (Fsp3) is 0.200. The van der Waals surface area contributed by atoms with Gasteiger partial charge in [-0.15, -0.1) is 0 Å². The summed E-state index contributed by atoms with van der Waals surface area (Å²) < 4.78 is 0. The Balaban J connectivity index is 1.76. The van der Waals surface area contributed by atoms with Gasteiger partial charge < -0.3 is 5.32 Å². The van der Waals surface area contributed by atoms with Gasteiger partial charge in [-0.25, -0.2) is 9.97 Å². The van der Waals surface area contributed by atoms with Crippen molar-refractivity contribution < 1.29 is 9.72 Å². The van der Waals surface area contributed by atoms with E-state index < -0.39 is 10.8 Å². The number of benzene rings is 1. The van der Waals surface area contributed by atoms with Gasteiger partial charge in [-0.3, -0.25) is 30.7 Å². The summed E-state index contributed by atoms with van der Waals surface area (Å²) in [6, 6.07) is 10.7. The number of aryl methyl sites for hydroxylation is 1. The fourth-order valence-electron chi connectivity index (χ4n) is 2.70. The van der Waals surface area contributed by atoms with Crippen LogP contribution in [0.25, 0.3) is 0 Å². The van der Waals surface area contributed by atoms with Crippen LogP contribution in [0.15, 0.2) is 55.1 Å². The maximum atomic E-state index is 12.2. The molecule has 2 aromatic heterocycles. The van der Waals surface area contributed by atoms with Crippen LogP contribution in [0.2, 0.25) is 0 Å². The number of aromatic nitrogens is 3. The topological polar surface area (TPSA) is 135 Å². The molecule has 0 spiro atoms. The van der Waals surface area contributed by atoms with Crippen molar-refractivity contribution in [1.29, 1.82) is 0 Å². The number of pyridine rings is 1. The van der Waals surface area contributed by atoms with Crippen molar-refractivity contribution in [2.24, 2.45) is 0 Å².